The fraction of sp³-hybridized carbons (Fsp3) is 0.417. The van der Waals surface area contributed by atoms with Crippen LogP contribution in [0.25, 0.3) is 0 Å². The molecule has 1 aromatic heterocycles. The van der Waals surface area contributed by atoms with Crippen LogP contribution in [0.15, 0.2) is 18.3 Å². The molecule has 0 aliphatic carbocycles. The number of aromatic nitrogens is 1. The van der Waals surface area contributed by atoms with Crippen molar-refractivity contribution in [1.82, 2.24) is 9.88 Å². The van der Waals surface area contributed by atoms with E-state index in [0.29, 0.717) is 11.3 Å². The van der Waals surface area contributed by atoms with E-state index in [4.69, 9.17) is 5.26 Å². The number of unbranched alkanes of at least 4 members (excludes halogenated alkanes) is 1. The molecule has 0 aromatic carbocycles. The van der Waals surface area contributed by atoms with Crippen molar-refractivity contribution in [2.45, 2.75) is 19.8 Å². The van der Waals surface area contributed by atoms with Crippen molar-refractivity contribution in [3.63, 3.8) is 0 Å². The van der Waals surface area contributed by atoms with Gasteiger partial charge in [0.25, 0.3) is 5.91 Å². The van der Waals surface area contributed by atoms with Gasteiger partial charge in [-0.3, -0.25) is 4.79 Å². The molecule has 1 aromatic rings. The molecule has 84 valence electrons. The summed E-state index contributed by atoms with van der Waals surface area (Å²) in [6.07, 6.45) is 3.50. The predicted molar refractivity (Wildman–Crippen MR) is 60.8 cm³/mol. The number of nitrogens with zero attached hydrogens (tertiary/aromatic N) is 3. The molecule has 0 unspecified atom stereocenters. The van der Waals surface area contributed by atoms with E-state index < -0.39 is 0 Å². The van der Waals surface area contributed by atoms with E-state index in [1.165, 1.54) is 6.20 Å². The summed E-state index contributed by atoms with van der Waals surface area (Å²) in [4.78, 5) is 17.4. The van der Waals surface area contributed by atoms with Crippen LogP contribution < -0.4 is 0 Å². The third-order valence-corrected chi connectivity index (χ3v) is 2.32. The topological polar surface area (TPSA) is 57.0 Å². The number of hydrogen-bond acceptors (Lipinski definition) is 3. The van der Waals surface area contributed by atoms with Crippen molar-refractivity contribution >= 4 is 5.91 Å². The molecular weight excluding hydrogens is 202 g/mol. The van der Waals surface area contributed by atoms with Crippen molar-refractivity contribution in [3.8, 4) is 6.07 Å². The maximum Gasteiger partial charge on any atom is 0.255 e. The molecule has 0 saturated heterocycles. The van der Waals surface area contributed by atoms with Crippen molar-refractivity contribution < 1.29 is 4.79 Å². The number of hydrogen-bond donors (Lipinski definition) is 0. The van der Waals surface area contributed by atoms with Crippen LogP contribution >= 0.6 is 0 Å². The molecule has 0 atom stereocenters. The van der Waals surface area contributed by atoms with Gasteiger partial charge >= 0.3 is 0 Å². The van der Waals surface area contributed by atoms with Gasteiger partial charge in [-0.25, -0.2) is 4.98 Å². The van der Waals surface area contributed by atoms with E-state index in [1.54, 1.807) is 24.1 Å². The molecule has 0 aliphatic rings. The molecule has 0 saturated carbocycles. The summed E-state index contributed by atoms with van der Waals surface area (Å²) in [5.41, 5.74) is 0.852. The van der Waals surface area contributed by atoms with Gasteiger partial charge in [0.1, 0.15) is 11.8 Å². The van der Waals surface area contributed by atoms with E-state index in [0.717, 1.165) is 19.4 Å². The molecule has 0 bridgehead atoms. The lowest BCUT2D eigenvalue weighted by Gasteiger charge is -2.16. The molecule has 16 heavy (non-hydrogen) atoms. The monoisotopic (exact) mass is 217 g/mol. The van der Waals surface area contributed by atoms with Crippen molar-refractivity contribution in [2.75, 3.05) is 13.6 Å². The lowest BCUT2D eigenvalue weighted by molar-refractivity contribution is 0.0793. The van der Waals surface area contributed by atoms with E-state index in [-0.39, 0.29) is 5.91 Å². The molecule has 0 fully saturated rings. The van der Waals surface area contributed by atoms with Crippen LogP contribution in [0.5, 0.6) is 0 Å². The fourth-order valence-electron chi connectivity index (χ4n) is 1.30. The minimum absolute atomic E-state index is 0.0505. The summed E-state index contributed by atoms with van der Waals surface area (Å²) in [6.45, 7) is 2.83. The molecule has 0 radical (unpaired) electrons. The van der Waals surface area contributed by atoms with Gasteiger partial charge in [0.05, 0.1) is 5.56 Å². The first-order valence-electron chi connectivity index (χ1n) is 5.30. The summed E-state index contributed by atoms with van der Waals surface area (Å²) in [5.74, 6) is -0.0505. The zero-order valence-corrected chi connectivity index (χ0v) is 9.60. The Morgan fingerprint density at radius 1 is 1.56 bits per heavy atom. The number of rotatable bonds is 4. The Morgan fingerprint density at radius 3 is 2.81 bits per heavy atom. The number of pyridine rings is 1. The molecule has 1 amide bonds. The van der Waals surface area contributed by atoms with Gasteiger partial charge in [-0.15, -0.1) is 0 Å². The second kappa shape index (κ2) is 5.86. The molecule has 0 N–H and O–H groups in total. The minimum Gasteiger partial charge on any atom is -0.342 e. The maximum atomic E-state index is 11.9. The van der Waals surface area contributed by atoms with Crippen molar-refractivity contribution in [1.29, 1.82) is 5.26 Å². The molecule has 0 spiro atoms. The first kappa shape index (κ1) is 12.2. The quantitative estimate of drug-likeness (QED) is 0.773. The summed E-state index contributed by atoms with van der Waals surface area (Å²) in [5, 5.41) is 8.58. The van der Waals surface area contributed by atoms with Crippen LogP contribution in [0, 0.1) is 11.3 Å². The van der Waals surface area contributed by atoms with Crippen LogP contribution in [0.2, 0.25) is 0 Å². The highest BCUT2D eigenvalue weighted by Gasteiger charge is 2.11. The van der Waals surface area contributed by atoms with Crippen LogP contribution in [-0.2, 0) is 0 Å². The van der Waals surface area contributed by atoms with Crippen LogP contribution in [-0.4, -0.2) is 29.4 Å². The van der Waals surface area contributed by atoms with Gasteiger partial charge in [-0.05, 0) is 18.6 Å². The Morgan fingerprint density at radius 2 is 2.31 bits per heavy atom. The number of carbonyl (C=O) groups is 1. The van der Waals surface area contributed by atoms with E-state index in [9.17, 15) is 4.79 Å². The third kappa shape index (κ3) is 3.06. The van der Waals surface area contributed by atoms with E-state index in [2.05, 4.69) is 11.9 Å². The molecule has 0 aliphatic heterocycles. The lowest BCUT2D eigenvalue weighted by Crippen LogP contribution is -2.27. The molecule has 4 heteroatoms. The third-order valence-electron chi connectivity index (χ3n) is 2.32. The average molecular weight is 217 g/mol. The van der Waals surface area contributed by atoms with Gasteiger partial charge < -0.3 is 4.90 Å². The highest BCUT2D eigenvalue weighted by molar-refractivity contribution is 5.93. The Labute approximate surface area is 95.5 Å². The smallest absolute Gasteiger partial charge is 0.255 e. The number of amides is 1. The minimum atomic E-state index is -0.0505. The summed E-state index contributed by atoms with van der Waals surface area (Å²) >= 11 is 0. The summed E-state index contributed by atoms with van der Waals surface area (Å²) < 4.78 is 0. The normalized spacial score (nSPS) is 9.56. The average Bonchev–Trinajstić information content (AvgIpc) is 2.35. The predicted octanol–water partition coefficient (Wildman–Crippen LogP) is 1.83. The standard InChI is InChI=1S/C12H15N3O/c1-3-4-7-15(2)12(16)10-5-6-11(8-13)14-9-10/h5-6,9H,3-4,7H2,1-2H3. The zero-order chi connectivity index (χ0) is 12.0. The first-order valence-corrected chi connectivity index (χ1v) is 5.30. The largest absolute Gasteiger partial charge is 0.342 e. The zero-order valence-electron chi connectivity index (χ0n) is 9.60. The SMILES string of the molecule is CCCCN(C)C(=O)c1ccc(C#N)nc1. The maximum absolute atomic E-state index is 11.9. The van der Waals surface area contributed by atoms with Gasteiger partial charge in [0.2, 0.25) is 0 Å². The van der Waals surface area contributed by atoms with Crippen molar-refractivity contribution in [2.24, 2.45) is 0 Å². The van der Waals surface area contributed by atoms with E-state index in [1.807, 2.05) is 6.07 Å². The number of carbonyl (C=O) groups excluding carboxylic acids is 1. The lowest BCUT2D eigenvalue weighted by atomic mass is 10.2. The van der Waals surface area contributed by atoms with Crippen LogP contribution in [0.1, 0.15) is 35.8 Å². The molecule has 1 heterocycles. The van der Waals surface area contributed by atoms with Crippen LogP contribution in [0.3, 0.4) is 0 Å². The second-order valence-corrected chi connectivity index (χ2v) is 3.62. The van der Waals surface area contributed by atoms with Crippen molar-refractivity contribution in [3.05, 3.63) is 29.6 Å². The number of nitriles is 1. The molecular formula is C12H15N3O. The summed E-state index contributed by atoms with van der Waals surface area (Å²) in [6, 6.07) is 5.11. The Bertz CT molecular complexity index is 392. The molecule has 4 nitrogen and oxygen atoms in total. The van der Waals surface area contributed by atoms with Gasteiger partial charge in [0.15, 0.2) is 0 Å². The van der Waals surface area contributed by atoms with E-state index >= 15 is 0 Å². The van der Waals surface area contributed by atoms with Gasteiger partial charge in [-0.2, -0.15) is 5.26 Å². The molecule has 1 rings (SSSR count). The highest BCUT2D eigenvalue weighted by atomic mass is 16.2. The van der Waals surface area contributed by atoms with Gasteiger partial charge in [0, 0.05) is 19.8 Å². The highest BCUT2D eigenvalue weighted by Crippen LogP contribution is 2.04. The Hall–Kier alpha value is -1.89. The fourth-order valence-corrected chi connectivity index (χ4v) is 1.30. The second-order valence-electron chi connectivity index (χ2n) is 3.62. The first-order chi connectivity index (χ1) is 7.69. The van der Waals surface area contributed by atoms with Gasteiger partial charge in [-0.1, -0.05) is 13.3 Å². The Balaban J connectivity index is 2.69. The Kier molecular flexibility index (Phi) is 4.46. The summed E-state index contributed by atoms with van der Waals surface area (Å²) in [7, 11) is 1.77. The van der Waals surface area contributed by atoms with Crippen LogP contribution in [0.4, 0.5) is 0 Å².